The van der Waals surface area contributed by atoms with Crippen LogP contribution in [0.1, 0.15) is 42.2 Å². The second-order valence-corrected chi connectivity index (χ2v) is 8.15. The van der Waals surface area contributed by atoms with Gasteiger partial charge in [0.2, 0.25) is 0 Å². The van der Waals surface area contributed by atoms with Crippen molar-refractivity contribution in [2.75, 3.05) is 25.0 Å². The summed E-state index contributed by atoms with van der Waals surface area (Å²) >= 11 is 0. The first kappa shape index (κ1) is 26.6. The third kappa shape index (κ3) is 7.73. The van der Waals surface area contributed by atoms with E-state index in [1.54, 1.807) is 0 Å². The lowest BCUT2D eigenvalue weighted by molar-refractivity contribution is 0.661. The summed E-state index contributed by atoms with van der Waals surface area (Å²) in [5, 5.41) is 15.4. The number of guanidine groups is 1. The Morgan fingerprint density at radius 2 is 1.76 bits per heavy atom. The standard InChI is InChI=1S/C25H35N7.HI/c1-19-12-9-10-15-23(19)20(2)28-25(27-18-24-30-29-21(3)32(24)5)26-16-11-17-31(4)22-13-7-6-8-14-22;/h6-10,12-15,20H,11,16-18H2,1-5H3,(H2,26,27,28);1H. The molecule has 0 spiro atoms. The van der Waals surface area contributed by atoms with Gasteiger partial charge >= 0.3 is 0 Å². The first-order chi connectivity index (χ1) is 15.5. The highest BCUT2D eigenvalue weighted by atomic mass is 127. The largest absolute Gasteiger partial charge is 0.375 e. The maximum absolute atomic E-state index is 4.80. The first-order valence-corrected chi connectivity index (χ1v) is 11.2. The van der Waals surface area contributed by atoms with Crippen molar-refractivity contribution in [1.82, 2.24) is 25.4 Å². The van der Waals surface area contributed by atoms with E-state index in [9.17, 15) is 0 Å². The Labute approximate surface area is 214 Å². The van der Waals surface area contributed by atoms with Gasteiger partial charge in [0.15, 0.2) is 11.8 Å². The van der Waals surface area contributed by atoms with Gasteiger partial charge in [-0.1, -0.05) is 42.5 Å². The molecule has 3 rings (SSSR count). The minimum atomic E-state index is 0. The number of para-hydroxylation sites is 1. The maximum atomic E-state index is 4.80. The van der Waals surface area contributed by atoms with Crippen molar-refractivity contribution < 1.29 is 0 Å². The zero-order chi connectivity index (χ0) is 22.9. The van der Waals surface area contributed by atoms with E-state index in [1.807, 2.05) is 24.6 Å². The summed E-state index contributed by atoms with van der Waals surface area (Å²) in [7, 11) is 4.09. The van der Waals surface area contributed by atoms with Gasteiger partial charge in [-0.15, -0.1) is 34.2 Å². The molecular formula is C25H36IN7. The highest BCUT2D eigenvalue weighted by Crippen LogP contribution is 2.16. The van der Waals surface area contributed by atoms with Crippen molar-refractivity contribution in [2.24, 2.45) is 12.0 Å². The molecule has 0 amide bonds. The van der Waals surface area contributed by atoms with Crippen LogP contribution in [0, 0.1) is 13.8 Å². The van der Waals surface area contributed by atoms with E-state index in [4.69, 9.17) is 4.99 Å². The Kier molecular flexibility index (Phi) is 10.6. The molecule has 2 N–H and O–H groups in total. The molecule has 1 heterocycles. The van der Waals surface area contributed by atoms with Crippen molar-refractivity contribution in [1.29, 1.82) is 0 Å². The lowest BCUT2D eigenvalue weighted by atomic mass is 10.0. The van der Waals surface area contributed by atoms with Crippen LogP contribution >= 0.6 is 24.0 Å². The summed E-state index contributed by atoms with van der Waals surface area (Å²) in [4.78, 5) is 7.06. The zero-order valence-electron chi connectivity index (χ0n) is 20.2. The monoisotopic (exact) mass is 561 g/mol. The topological polar surface area (TPSA) is 70.4 Å². The van der Waals surface area contributed by atoms with Crippen LogP contribution in [0.25, 0.3) is 0 Å². The van der Waals surface area contributed by atoms with Gasteiger partial charge in [-0.25, -0.2) is 4.99 Å². The molecule has 1 unspecified atom stereocenters. The Morgan fingerprint density at radius 3 is 2.42 bits per heavy atom. The smallest absolute Gasteiger partial charge is 0.192 e. The molecule has 0 aliphatic carbocycles. The van der Waals surface area contributed by atoms with Gasteiger partial charge in [-0.3, -0.25) is 0 Å². The maximum Gasteiger partial charge on any atom is 0.192 e. The summed E-state index contributed by atoms with van der Waals surface area (Å²) in [5.41, 5.74) is 3.76. The number of rotatable bonds is 9. The molecule has 0 saturated heterocycles. The van der Waals surface area contributed by atoms with Gasteiger partial charge in [-0.05, 0) is 50.5 Å². The zero-order valence-corrected chi connectivity index (χ0v) is 22.6. The molecule has 1 aromatic heterocycles. The molecule has 0 fully saturated rings. The predicted molar refractivity (Wildman–Crippen MR) is 147 cm³/mol. The molecule has 0 aliphatic rings. The first-order valence-electron chi connectivity index (χ1n) is 11.2. The summed E-state index contributed by atoms with van der Waals surface area (Å²) < 4.78 is 1.97. The Balaban J connectivity index is 0.00000385. The Bertz CT molecular complexity index is 1020. The molecule has 0 saturated carbocycles. The summed E-state index contributed by atoms with van der Waals surface area (Å²) in [6.45, 7) is 8.49. The molecule has 2 aromatic carbocycles. The molecule has 33 heavy (non-hydrogen) atoms. The fourth-order valence-electron chi connectivity index (χ4n) is 3.58. The normalized spacial score (nSPS) is 12.1. The van der Waals surface area contributed by atoms with E-state index in [0.717, 1.165) is 37.1 Å². The molecule has 0 bridgehead atoms. The lowest BCUT2D eigenvalue weighted by Crippen LogP contribution is -2.40. The van der Waals surface area contributed by atoms with Crippen LogP contribution in [-0.4, -0.2) is 40.9 Å². The number of nitrogens with zero attached hydrogens (tertiary/aromatic N) is 5. The van der Waals surface area contributed by atoms with Crippen LogP contribution in [0.4, 0.5) is 5.69 Å². The minimum Gasteiger partial charge on any atom is -0.375 e. The third-order valence-corrected chi connectivity index (χ3v) is 5.73. The van der Waals surface area contributed by atoms with Gasteiger partial charge in [-0.2, -0.15) is 0 Å². The number of halogens is 1. The van der Waals surface area contributed by atoms with E-state index >= 15 is 0 Å². The van der Waals surface area contributed by atoms with Crippen LogP contribution in [0.2, 0.25) is 0 Å². The molecule has 7 nitrogen and oxygen atoms in total. The number of aromatic nitrogens is 3. The van der Waals surface area contributed by atoms with E-state index in [0.29, 0.717) is 6.54 Å². The van der Waals surface area contributed by atoms with Crippen LogP contribution in [0.3, 0.4) is 0 Å². The van der Waals surface area contributed by atoms with E-state index in [-0.39, 0.29) is 30.0 Å². The lowest BCUT2D eigenvalue weighted by Gasteiger charge is -2.22. The van der Waals surface area contributed by atoms with Gasteiger partial charge in [0.25, 0.3) is 0 Å². The average Bonchev–Trinajstić information content (AvgIpc) is 3.12. The number of hydrogen-bond donors (Lipinski definition) is 2. The molecule has 0 radical (unpaired) electrons. The van der Waals surface area contributed by atoms with E-state index in [2.05, 4.69) is 95.2 Å². The highest BCUT2D eigenvalue weighted by Gasteiger charge is 2.11. The highest BCUT2D eigenvalue weighted by molar-refractivity contribution is 14.0. The average molecular weight is 562 g/mol. The number of aliphatic imine (C=N–C) groups is 1. The number of benzene rings is 2. The fourth-order valence-corrected chi connectivity index (χ4v) is 3.58. The van der Waals surface area contributed by atoms with Gasteiger partial charge < -0.3 is 20.1 Å². The van der Waals surface area contributed by atoms with Crippen molar-refractivity contribution >= 4 is 35.6 Å². The quantitative estimate of drug-likeness (QED) is 0.176. The summed E-state index contributed by atoms with van der Waals surface area (Å²) in [6, 6.07) is 19.0. The second kappa shape index (κ2) is 13.2. The summed E-state index contributed by atoms with van der Waals surface area (Å²) in [6.07, 6.45) is 0.994. The fraction of sp³-hybridized carbons (Fsp3) is 0.400. The molecule has 1 atom stereocenters. The van der Waals surface area contributed by atoms with Crippen molar-refractivity contribution in [3.63, 3.8) is 0 Å². The minimum absolute atomic E-state index is 0. The molecule has 8 heteroatoms. The molecular weight excluding hydrogens is 525 g/mol. The SMILES string of the molecule is Cc1ccccc1C(C)NC(=NCc1nnc(C)n1C)NCCCN(C)c1ccccc1.I. The Hall–Kier alpha value is -2.62. The van der Waals surface area contributed by atoms with Gasteiger partial charge in [0.1, 0.15) is 12.4 Å². The molecule has 0 aliphatic heterocycles. The van der Waals surface area contributed by atoms with E-state index in [1.165, 1.54) is 16.8 Å². The molecule has 3 aromatic rings. The van der Waals surface area contributed by atoms with Crippen molar-refractivity contribution in [3.05, 3.63) is 77.4 Å². The van der Waals surface area contributed by atoms with Crippen LogP contribution in [0.5, 0.6) is 0 Å². The summed E-state index contributed by atoms with van der Waals surface area (Å²) in [5.74, 6) is 2.51. The van der Waals surface area contributed by atoms with E-state index < -0.39 is 0 Å². The van der Waals surface area contributed by atoms with Gasteiger partial charge in [0.05, 0.1) is 6.04 Å². The third-order valence-electron chi connectivity index (χ3n) is 5.73. The Morgan fingerprint density at radius 1 is 1.06 bits per heavy atom. The van der Waals surface area contributed by atoms with Crippen molar-refractivity contribution in [3.8, 4) is 0 Å². The second-order valence-electron chi connectivity index (χ2n) is 8.15. The van der Waals surface area contributed by atoms with Crippen molar-refractivity contribution in [2.45, 2.75) is 39.8 Å². The van der Waals surface area contributed by atoms with Crippen LogP contribution in [0.15, 0.2) is 59.6 Å². The number of nitrogens with one attached hydrogen (secondary N) is 2. The number of hydrogen-bond acceptors (Lipinski definition) is 4. The van der Waals surface area contributed by atoms with Gasteiger partial charge in [0, 0.05) is 32.9 Å². The van der Waals surface area contributed by atoms with Crippen LogP contribution < -0.4 is 15.5 Å². The van der Waals surface area contributed by atoms with Crippen LogP contribution in [-0.2, 0) is 13.6 Å². The predicted octanol–water partition coefficient (Wildman–Crippen LogP) is 4.37. The number of aryl methyl sites for hydroxylation is 2. The number of anilines is 1. The molecule has 178 valence electrons.